The Hall–Kier alpha value is -1.42. The number of nitrogens with one attached hydrogen (secondary N) is 1. The van der Waals surface area contributed by atoms with E-state index < -0.39 is 0 Å². The van der Waals surface area contributed by atoms with Crippen molar-refractivity contribution < 1.29 is 4.79 Å². The number of pyridine rings is 1. The number of rotatable bonds is 2. The van der Waals surface area contributed by atoms with E-state index in [4.69, 9.17) is 5.73 Å². The molecule has 4 heteroatoms. The molecule has 0 spiro atoms. The van der Waals surface area contributed by atoms with Crippen molar-refractivity contribution in [1.29, 1.82) is 0 Å². The Labute approximate surface area is 113 Å². The molecule has 0 aromatic carbocycles. The SMILES string of the molecule is Cc1cccc(NC(=O)C23CCC(CCC2N)C3)n1. The number of hydrogen-bond donors (Lipinski definition) is 2. The van der Waals surface area contributed by atoms with Gasteiger partial charge in [0.25, 0.3) is 0 Å². The topological polar surface area (TPSA) is 68.0 Å². The summed E-state index contributed by atoms with van der Waals surface area (Å²) in [6, 6.07) is 5.67. The maximum Gasteiger partial charge on any atom is 0.233 e. The van der Waals surface area contributed by atoms with Crippen LogP contribution in [0.4, 0.5) is 5.82 Å². The molecule has 2 fully saturated rings. The number of anilines is 1. The van der Waals surface area contributed by atoms with Crippen molar-refractivity contribution in [3.05, 3.63) is 23.9 Å². The molecule has 19 heavy (non-hydrogen) atoms. The molecule has 1 heterocycles. The predicted molar refractivity (Wildman–Crippen MR) is 74.6 cm³/mol. The van der Waals surface area contributed by atoms with E-state index in [2.05, 4.69) is 10.3 Å². The molecule has 102 valence electrons. The molecule has 3 N–H and O–H groups in total. The number of aryl methyl sites for hydroxylation is 1. The molecule has 1 aromatic heterocycles. The highest BCUT2D eigenvalue weighted by molar-refractivity contribution is 5.95. The molecule has 3 unspecified atom stereocenters. The zero-order valence-corrected chi connectivity index (χ0v) is 11.4. The summed E-state index contributed by atoms with van der Waals surface area (Å²) in [6.07, 6.45) is 5.17. The molecule has 0 radical (unpaired) electrons. The molecular weight excluding hydrogens is 238 g/mol. The van der Waals surface area contributed by atoms with Crippen molar-refractivity contribution in [3.63, 3.8) is 0 Å². The van der Waals surface area contributed by atoms with Gasteiger partial charge in [0.1, 0.15) is 5.82 Å². The molecule has 3 atom stereocenters. The van der Waals surface area contributed by atoms with Crippen molar-refractivity contribution in [2.75, 3.05) is 5.32 Å². The van der Waals surface area contributed by atoms with E-state index in [1.54, 1.807) is 0 Å². The average molecular weight is 259 g/mol. The highest BCUT2D eigenvalue weighted by atomic mass is 16.2. The Balaban J connectivity index is 1.80. The van der Waals surface area contributed by atoms with Crippen LogP contribution < -0.4 is 11.1 Å². The van der Waals surface area contributed by atoms with Crippen LogP contribution in [0.1, 0.15) is 37.8 Å². The smallest absolute Gasteiger partial charge is 0.233 e. The van der Waals surface area contributed by atoms with Gasteiger partial charge in [0.2, 0.25) is 5.91 Å². The van der Waals surface area contributed by atoms with E-state index >= 15 is 0 Å². The number of aromatic nitrogens is 1. The summed E-state index contributed by atoms with van der Waals surface area (Å²) in [5.74, 6) is 1.40. The van der Waals surface area contributed by atoms with E-state index in [-0.39, 0.29) is 17.4 Å². The molecule has 4 nitrogen and oxygen atoms in total. The largest absolute Gasteiger partial charge is 0.327 e. The number of carbonyl (C=O) groups is 1. The third kappa shape index (κ3) is 2.14. The number of amides is 1. The zero-order valence-electron chi connectivity index (χ0n) is 11.4. The van der Waals surface area contributed by atoms with Crippen LogP contribution in [0.5, 0.6) is 0 Å². The van der Waals surface area contributed by atoms with Crippen LogP contribution in [0.3, 0.4) is 0 Å². The van der Waals surface area contributed by atoms with Crippen LogP contribution in [0.2, 0.25) is 0 Å². The first kappa shape index (κ1) is 12.6. The highest BCUT2D eigenvalue weighted by Crippen LogP contribution is 2.51. The standard InChI is InChI=1S/C15H21N3O/c1-10-3-2-4-13(17-10)18-14(19)15-8-7-11(9-15)5-6-12(15)16/h2-4,11-12H,5-9,16H2,1H3,(H,17,18,19). The maximum atomic E-state index is 12.6. The number of nitrogens with zero attached hydrogens (tertiary/aromatic N) is 1. The summed E-state index contributed by atoms with van der Waals surface area (Å²) in [4.78, 5) is 17.0. The minimum atomic E-state index is -0.353. The molecule has 0 saturated heterocycles. The summed E-state index contributed by atoms with van der Waals surface area (Å²) in [7, 11) is 0. The molecule has 1 aromatic rings. The Bertz CT molecular complexity index is 502. The van der Waals surface area contributed by atoms with Gasteiger partial charge in [-0.2, -0.15) is 0 Å². The van der Waals surface area contributed by atoms with Crippen molar-refractivity contribution >= 4 is 11.7 Å². The monoisotopic (exact) mass is 259 g/mol. The molecule has 1 amide bonds. The van der Waals surface area contributed by atoms with Gasteiger partial charge in [0.05, 0.1) is 5.41 Å². The van der Waals surface area contributed by atoms with Gasteiger partial charge in [0, 0.05) is 11.7 Å². The third-order valence-electron chi connectivity index (χ3n) is 4.83. The van der Waals surface area contributed by atoms with Gasteiger partial charge in [-0.15, -0.1) is 0 Å². The van der Waals surface area contributed by atoms with Gasteiger partial charge in [-0.1, -0.05) is 6.07 Å². The molecular formula is C15H21N3O. The first-order chi connectivity index (χ1) is 9.10. The lowest BCUT2D eigenvalue weighted by molar-refractivity contribution is -0.127. The lowest BCUT2D eigenvalue weighted by atomic mass is 9.71. The maximum absolute atomic E-state index is 12.6. The van der Waals surface area contributed by atoms with Crippen molar-refractivity contribution in [2.24, 2.45) is 17.1 Å². The Morgan fingerprint density at radius 2 is 2.26 bits per heavy atom. The Morgan fingerprint density at radius 3 is 3.05 bits per heavy atom. The van der Waals surface area contributed by atoms with Crippen LogP contribution in [0, 0.1) is 18.3 Å². The van der Waals surface area contributed by atoms with Crippen molar-refractivity contribution in [3.8, 4) is 0 Å². The fraction of sp³-hybridized carbons (Fsp3) is 0.600. The normalized spacial score (nSPS) is 33.2. The lowest BCUT2D eigenvalue weighted by Gasteiger charge is -2.37. The summed E-state index contributed by atoms with van der Waals surface area (Å²) in [5, 5.41) is 2.97. The molecule has 2 aliphatic carbocycles. The second-order valence-corrected chi connectivity index (χ2v) is 6.07. The number of nitrogens with two attached hydrogens (primary N) is 1. The van der Waals surface area contributed by atoms with Crippen molar-refractivity contribution in [1.82, 2.24) is 4.98 Å². The highest BCUT2D eigenvalue weighted by Gasteiger charge is 2.52. The lowest BCUT2D eigenvalue weighted by Crippen LogP contribution is -2.50. The molecule has 2 saturated carbocycles. The summed E-state index contributed by atoms with van der Waals surface area (Å²) < 4.78 is 0. The van der Waals surface area contributed by atoms with Crippen LogP contribution in [0.15, 0.2) is 18.2 Å². The molecule has 2 bridgehead atoms. The molecule has 3 rings (SSSR count). The van der Waals surface area contributed by atoms with Gasteiger partial charge < -0.3 is 11.1 Å². The first-order valence-electron chi connectivity index (χ1n) is 7.11. The van der Waals surface area contributed by atoms with Crippen LogP contribution >= 0.6 is 0 Å². The minimum Gasteiger partial charge on any atom is -0.327 e. The van der Waals surface area contributed by atoms with Gasteiger partial charge in [0.15, 0.2) is 0 Å². The summed E-state index contributed by atoms with van der Waals surface area (Å²) in [5.41, 5.74) is 6.81. The number of carbonyl (C=O) groups excluding carboxylic acids is 1. The van der Waals surface area contributed by atoms with E-state index in [1.165, 1.54) is 6.42 Å². The quantitative estimate of drug-likeness (QED) is 0.855. The van der Waals surface area contributed by atoms with Gasteiger partial charge in [-0.25, -0.2) is 4.98 Å². The van der Waals surface area contributed by atoms with E-state index in [9.17, 15) is 4.79 Å². The zero-order chi connectivity index (χ0) is 13.5. The second kappa shape index (κ2) is 4.60. The number of fused-ring (bicyclic) bond motifs is 2. The predicted octanol–water partition coefficient (Wildman–Crippen LogP) is 2.24. The average Bonchev–Trinajstić information content (AvgIpc) is 2.75. The van der Waals surface area contributed by atoms with Gasteiger partial charge >= 0.3 is 0 Å². The van der Waals surface area contributed by atoms with Crippen LogP contribution in [-0.2, 0) is 4.79 Å². The van der Waals surface area contributed by atoms with Crippen LogP contribution in [-0.4, -0.2) is 16.9 Å². The summed E-state index contributed by atoms with van der Waals surface area (Å²) in [6.45, 7) is 1.92. The Kier molecular flexibility index (Phi) is 3.05. The van der Waals surface area contributed by atoms with E-state index in [0.29, 0.717) is 11.7 Å². The molecule has 2 aliphatic rings. The Morgan fingerprint density at radius 1 is 1.42 bits per heavy atom. The fourth-order valence-electron chi connectivity index (χ4n) is 3.68. The third-order valence-corrected chi connectivity index (χ3v) is 4.83. The van der Waals surface area contributed by atoms with Gasteiger partial charge in [-0.05, 0) is 57.1 Å². The van der Waals surface area contributed by atoms with Crippen LogP contribution in [0.25, 0.3) is 0 Å². The van der Waals surface area contributed by atoms with E-state index in [1.807, 2.05) is 25.1 Å². The number of hydrogen-bond acceptors (Lipinski definition) is 3. The first-order valence-corrected chi connectivity index (χ1v) is 7.11. The second-order valence-electron chi connectivity index (χ2n) is 6.07. The molecule has 0 aliphatic heterocycles. The minimum absolute atomic E-state index is 0.00365. The van der Waals surface area contributed by atoms with Gasteiger partial charge in [-0.3, -0.25) is 4.79 Å². The van der Waals surface area contributed by atoms with Crippen molar-refractivity contribution in [2.45, 2.75) is 45.1 Å². The van der Waals surface area contributed by atoms with E-state index in [0.717, 1.165) is 31.4 Å². The summed E-state index contributed by atoms with van der Waals surface area (Å²) >= 11 is 0. The fourth-order valence-corrected chi connectivity index (χ4v) is 3.68.